The quantitative estimate of drug-likeness (QED) is 0.868. The molecule has 94 valence electrons. The van der Waals surface area contributed by atoms with Crippen molar-refractivity contribution in [2.45, 2.75) is 18.9 Å². The summed E-state index contributed by atoms with van der Waals surface area (Å²) < 4.78 is 0.784. The van der Waals surface area contributed by atoms with Gasteiger partial charge in [-0.25, -0.2) is 0 Å². The maximum absolute atomic E-state index is 11.8. The summed E-state index contributed by atoms with van der Waals surface area (Å²) >= 11 is 9.19. The van der Waals surface area contributed by atoms with Gasteiger partial charge in [0.1, 0.15) is 0 Å². The smallest absolute Gasteiger partial charge is 0.241 e. The van der Waals surface area contributed by atoms with E-state index in [0.717, 1.165) is 29.5 Å². The van der Waals surface area contributed by atoms with Gasteiger partial charge in [-0.2, -0.15) is 0 Å². The van der Waals surface area contributed by atoms with Crippen molar-refractivity contribution >= 4 is 51.5 Å². The van der Waals surface area contributed by atoms with E-state index in [0.29, 0.717) is 5.02 Å². The van der Waals surface area contributed by atoms with Gasteiger partial charge in [0, 0.05) is 10.2 Å². The minimum Gasteiger partial charge on any atom is -0.325 e. The van der Waals surface area contributed by atoms with E-state index in [1.165, 1.54) is 0 Å². The molecule has 1 fully saturated rings. The van der Waals surface area contributed by atoms with Crippen LogP contribution in [0.4, 0.5) is 5.69 Å². The molecule has 0 aromatic heterocycles. The Hall–Kier alpha value is -0.290. The highest BCUT2D eigenvalue weighted by atomic mass is 79.9. The highest BCUT2D eigenvalue weighted by Crippen LogP contribution is 2.25. The molecule has 1 amide bonds. The summed E-state index contributed by atoms with van der Waals surface area (Å²) in [5.41, 5.74) is 0.759. The first-order chi connectivity index (χ1) is 7.66. The van der Waals surface area contributed by atoms with Crippen LogP contribution < -0.4 is 10.6 Å². The summed E-state index contributed by atoms with van der Waals surface area (Å²) in [5.74, 6) is 0.0201. The molecule has 1 aromatic carbocycles. The molecule has 2 N–H and O–H groups in total. The van der Waals surface area contributed by atoms with Crippen LogP contribution in [0.25, 0.3) is 0 Å². The summed E-state index contributed by atoms with van der Waals surface area (Å²) in [6, 6.07) is 5.29. The van der Waals surface area contributed by atoms with Gasteiger partial charge < -0.3 is 10.6 Å². The largest absolute Gasteiger partial charge is 0.325 e. The van der Waals surface area contributed by atoms with Crippen molar-refractivity contribution in [1.29, 1.82) is 0 Å². The number of carbonyl (C=O) groups is 1. The molecule has 1 atom stereocenters. The van der Waals surface area contributed by atoms with Gasteiger partial charge in [0.05, 0.1) is 11.1 Å². The zero-order valence-corrected chi connectivity index (χ0v) is 12.2. The number of carbonyl (C=O) groups excluding carboxylic acids is 1. The zero-order chi connectivity index (χ0) is 11.5. The van der Waals surface area contributed by atoms with Crippen molar-refractivity contribution in [3.63, 3.8) is 0 Å². The Morgan fingerprint density at radius 3 is 2.88 bits per heavy atom. The molecule has 0 spiro atoms. The van der Waals surface area contributed by atoms with E-state index in [4.69, 9.17) is 11.6 Å². The average molecular weight is 340 g/mol. The summed E-state index contributed by atoms with van der Waals surface area (Å²) in [4.78, 5) is 11.8. The summed E-state index contributed by atoms with van der Waals surface area (Å²) in [7, 11) is 0. The minimum atomic E-state index is -0.0607. The molecule has 1 aromatic rings. The fourth-order valence-corrected chi connectivity index (χ4v) is 2.21. The van der Waals surface area contributed by atoms with Gasteiger partial charge in [0.2, 0.25) is 5.91 Å². The van der Waals surface area contributed by atoms with Crippen molar-refractivity contribution in [2.24, 2.45) is 0 Å². The molecule has 2 rings (SSSR count). The maximum Gasteiger partial charge on any atom is 0.241 e. The molecular formula is C11H13BrCl2N2O. The van der Waals surface area contributed by atoms with Crippen LogP contribution in [0.5, 0.6) is 0 Å². The van der Waals surface area contributed by atoms with Gasteiger partial charge in [-0.3, -0.25) is 4.79 Å². The lowest BCUT2D eigenvalue weighted by atomic mass is 10.2. The number of nitrogens with one attached hydrogen (secondary N) is 2. The maximum atomic E-state index is 11.8. The molecule has 1 saturated heterocycles. The predicted octanol–water partition coefficient (Wildman–Crippen LogP) is 3.21. The number of benzene rings is 1. The molecule has 1 aliphatic heterocycles. The summed E-state index contributed by atoms with van der Waals surface area (Å²) in [6.07, 6.45) is 1.96. The summed E-state index contributed by atoms with van der Waals surface area (Å²) in [6.45, 7) is 0.919. The molecule has 0 saturated carbocycles. The molecule has 0 bridgehead atoms. The third-order valence-corrected chi connectivity index (χ3v) is 3.78. The zero-order valence-electron chi connectivity index (χ0n) is 9.00. The number of rotatable bonds is 2. The highest BCUT2D eigenvalue weighted by molar-refractivity contribution is 9.10. The number of hydrogen-bond donors (Lipinski definition) is 2. The number of hydrogen-bond acceptors (Lipinski definition) is 2. The Morgan fingerprint density at radius 1 is 1.53 bits per heavy atom. The van der Waals surface area contributed by atoms with Crippen LogP contribution in [0.3, 0.4) is 0 Å². The topological polar surface area (TPSA) is 41.1 Å². The lowest BCUT2D eigenvalue weighted by Crippen LogP contribution is -2.35. The normalized spacial score (nSPS) is 18.6. The van der Waals surface area contributed by atoms with Crippen LogP contribution in [0.2, 0.25) is 5.02 Å². The molecule has 0 unspecified atom stereocenters. The van der Waals surface area contributed by atoms with Gasteiger partial charge in [-0.15, -0.1) is 12.4 Å². The van der Waals surface area contributed by atoms with Crippen LogP contribution in [0, 0.1) is 0 Å². The fraction of sp³-hybridized carbons (Fsp3) is 0.364. The molecule has 0 aliphatic carbocycles. The molecule has 1 heterocycles. The third-order valence-electron chi connectivity index (χ3n) is 2.56. The first-order valence-corrected chi connectivity index (χ1v) is 6.33. The van der Waals surface area contributed by atoms with Crippen molar-refractivity contribution in [3.8, 4) is 0 Å². The van der Waals surface area contributed by atoms with Gasteiger partial charge in [0.15, 0.2) is 0 Å². The Bertz CT molecular complexity index is 408. The van der Waals surface area contributed by atoms with Crippen LogP contribution in [-0.2, 0) is 4.79 Å². The van der Waals surface area contributed by atoms with E-state index < -0.39 is 0 Å². The SMILES string of the molecule is Cl.O=C(Nc1ccc(Cl)c(Br)c1)[C@@H]1CCCN1. The van der Waals surface area contributed by atoms with E-state index in [-0.39, 0.29) is 24.4 Å². The third kappa shape index (κ3) is 3.85. The second-order valence-corrected chi connectivity index (χ2v) is 5.03. The van der Waals surface area contributed by atoms with Crippen LogP contribution in [-0.4, -0.2) is 18.5 Å². The summed E-state index contributed by atoms with van der Waals surface area (Å²) in [5, 5.41) is 6.65. The van der Waals surface area contributed by atoms with Gasteiger partial charge >= 0.3 is 0 Å². The first-order valence-electron chi connectivity index (χ1n) is 5.16. The van der Waals surface area contributed by atoms with E-state index in [1.807, 2.05) is 0 Å². The highest BCUT2D eigenvalue weighted by Gasteiger charge is 2.21. The number of anilines is 1. The van der Waals surface area contributed by atoms with Crippen molar-refractivity contribution in [3.05, 3.63) is 27.7 Å². The average Bonchev–Trinajstić information content (AvgIpc) is 2.77. The van der Waals surface area contributed by atoms with Crippen LogP contribution >= 0.6 is 39.9 Å². The van der Waals surface area contributed by atoms with E-state index in [2.05, 4.69) is 26.6 Å². The molecule has 17 heavy (non-hydrogen) atoms. The van der Waals surface area contributed by atoms with Gasteiger partial charge in [0.25, 0.3) is 0 Å². The molecule has 1 aliphatic rings. The second-order valence-electron chi connectivity index (χ2n) is 3.77. The standard InChI is InChI=1S/C11H12BrClN2O.ClH/c12-8-6-7(3-4-9(8)13)15-11(16)10-2-1-5-14-10;/h3-4,6,10,14H,1-2,5H2,(H,15,16);1H/t10-;/m0./s1. The molecule has 6 heteroatoms. The number of amides is 1. The van der Waals surface area contributed by atoms with E-state index >= 15 is 0 Å². The van der Waals surface area contributed by atoms with Crippen molar-refractivity contribution < 1.29 is 4.79 Å². The lowest BCUT2D eigenvalue weighted by Gasteiger charge is -2.11. The predicted molar refractivity (Wildman–Crippen MR) is 76.1 cm³/mol. The van der Waals surface area contributed by atoms with Gasteiger partial charge in [-0.05, 0) is 53.5 Å². The van der Waals surface area contributed by atoms with E-state index in [9.17, 15) is 4.79 Å². The van der Waals surface area contributed by atoms with Crippen molar-refractivity contribution in [1.82, 2.24) is 5.32 Å². The first kappa shape index (κ1) is 14.8. The Morgan fingerprint density at radius 2 is 2.29 bits per heavy atom. The fourth-order valence-electron chi connectivity index (χ4n) is 1.71. The lowest BCUT2D eigenvalue weighted by molar-refractivity contribution is -0.117. The minimum absolute atomic E-state index is 0. The number of halogens is 3. The Balaban J connectivity index is 0.00000144. The molecule has 3 nitrogen and oxygen atoms in total. The van der Waals surface area contributed by atoms with Crippen LogP contribution in [0.15, 0.2) is 22.7 Å². The second kappa shape index (κ2) is 6.59. The van der Waals surface area contributed by atoms with Gasteiger partial charge in [-0.1, -0.05) is 11.6 Å². The molecule has 0 radical (unpaired) electrons. The Labute approximate surface area is 120 Å². The Kier molecular flexibility index (Phi) is 5.73. The van der Waals surface area contributed by atoms with Crippen LogP contribution in [0.1, 0.15) is 12.8 Å². The molecular weight excluding hydrogens is 327 g/mol. The van der Waals surface area contributed by atoms with E-state index in [1.54, 1.807) is 18.2 Å². The van der Waals surface area contributed by atoms with Crippen molar-refractivity contribution in [2.75, 3.05) is 11.9 Å². The monoisotopic (exact) mass is 338 g/mol.